The van der Waals surface area contributed by atoms with Crippen LogP contribution in [0.5, 0.6) is 0 Å². The highest BCUT2D eigenvalue weighted by atomic mass is 16.5. The van der Waals surface area contributed by atoms with Crippen molar-refractivity contribution in [3.63, 3.8) is 0 Å². The Balaban J connectivity index is 2.41. The van der Waals surface area contributed by atoms with Gasteiger partial charge in [-0.15, -0.1) is 0 Å². The van der Waals surface area contributed by atoms with Gasteiger partial charge >= 0.3 is 0 Å². The Morgan fingerprint density at radius 1 is 1.55 bits per heavy atom. The Kier molecular flexibility index (Phi) is 3.30. The van der Waals surface area contributed by atoms with Crippen LogP contribution >= 0.6 is 0 Å². The first kappa shape index (κ1) is 8.97. The number of likely N-dealkylation sites (N-methyl/N-ethyl adjacent to an activating group) is 2. The predicted molar refractivity (Wildman–Crippen MR) is 45.8 cm³/mol. The summed E-state index contributed by atoms with van der Waals surface area (Å²) in [5, 5.41) is 3.26. The maximum absolute atomic E-state index is 5.34. The summed E-state index contributed by atoms with van der Waals surface area (Å²) in [6, 6.07) is 0.514. The van der Waals surface area contributed by atoms with E-state index in [0.29, 0.717) is 12.1 Å². The molecule has 0 spiro atoms. The molecule has 0 radical (unpaired) electrons. The van der Waals surface area contributed by atoms with Crippen LogP contribution in [0, 0.1) is 0 Å². The monoisotopic (exact) mass is 158 g/mol. The molecule has 1 aliphatic rings. The number of hydrogen-bond donors (Lipinski definition) is 1. The van der Waals surface area contributed by atoms with Crippen LogP contribution in [0.25, 0.3) is 0 Å². The summed E-state index contributed by atoms with van der Waals surface area (Å²) in [5.74, 6) is 0. The third-order valence-corrected chi connectivity index (χ3v) is 2.46. The second-order valence-corrected chi connectivity index (χ2v) is 3.02. The summed E-state index contributed by atoms with van der Waals surface area (Å²) in [6.07, 6.45) is 0.375. The van der Waals surface area contributed by atoms with E-state index in [0.717, 1.165) is 19.6 Å². The van der Waals surface area contributed by atoms with Crippen LogP contribution in [0.15, 0.2) is 0 Å². The van der Waals surface area contributed by atoms with Crippen molar-refractivity contribution in [2.75, 3.05) is 33.8 Å². The lowest BCUT2D eigenvalue weighted by molar-refractivity contribution is 0.0922. The van der Waals surface area contributed by atoms with Crippen molar-refractivity contribution in [2.45, 2.75) is 19.1 Å². The van der Waals surface area contributed by atoms with Crippen LogP contribution in [-0.2, 0) is 4.74 Å². The molecule has 1 rings (SSSR count). The van der Waals surface area contributed by atoms with Crippen molar-refractivity contribution < 1.29 is 4.74 Å². The SMILES string of the molecule is CCN1C[C@H](NC)[C@@H](OC)C1. The molecule has 0 saturated carbocycles. The quantitative estimate of drug-likeness (QED) is 0.622. The molecule has 1 aliphatic heterocycles. The number of methoxy groups -OCH3 is 1. The van der Waals surface area contributed by atoms with Gasteiger partial charge in [-0.2, -0.15) is 0 Å². The molecule has 0 aliphatic carbocycles. The van der Waals surface area contributed by atoms with Crippen LogP contribution < -0.4 is 5.32 Å². The highest BCUT2D eigenvalue weighted by Crippen LogP contribution is 2.11. The zero-order valence-electron chi connectivity index (χ0n) is 7.63. The topological polar surface area (TPSA) is 24.5 Å². The van der Waals surface area contributed by atoms with Gasteiger partial charge in [-0.3, -0.25) is 4.90 Å². The first-order chi connectivity index (χ1) is 5.31. The van der Waals surface area contributed by atoms with Crippen LogP contribution in [0.1, 0.15) is 6.92 Å². The van der Waals surface area contributed by atoms with Crippen LogP contribution in [0.3, 0.4) is 0 Å². The number of nitrogens with zero attached hydrogens (tertiary/aromatic N) is 1. The average Bonchev–Trinajstić information content (AvgIpc) is 2.46. The predicted octanol–water partition coefficient (Wildman–Crippen LogP) is -0.0751. The summed E-state index contributed by atoms with van der Waals surface area (Å²) in [4.78, 5) is 2.40. The zero-order chi connectivity index (χ0) is 8.27. The number of rotatable bonds is 3. The van der Waals surface area contributed by atoms with Crippen molar-refractivity contribution in [2.24, 2.45) is 0 Å². The molecule has 0 aromatic heterocycles. The Labute approximate surface area is 68.7 Å². The molecular weight excluding hydrogens is 140 g/mol. The van der Waals surface area contributed by atoms with E-state index in [9.17, 15) is 0 Å². The van der Waals surface area contributed by atoms with E-state index in [1.54, 1.807) is 7.11 Å². The van der Waals surface area contributed by atoms with Gasteiger partial charge in [-0.1, -0.05) is 6.92 Å². The fourth-order valence-electron chi connectivity index (χ4n) is 1.63. The smallest absolute Gasteiger partial charge is 0.0863 e. The second kappa shape index (κ2) is 4.04. The van der Waals surface area contributed by atoms with Gasteiger partial charge in [0.05, 0.1) is 6.10 Å². The van der Waals surface area contributed by atoms with E-state index >= 15 is 0 Å². The largest absolute Gasteiger partial charge is 0.378 e. The Hall–Kier alpha value is -0.120. The Bertz CT molecular complexity index is 107. The van der Waals surface area contributed by atoms with E-state index in [-0.39, 0.29) is 0 Å². The Morgan fingerprint density at radius 2 is 2.27 bits per heavy atom. The van der Waals surface area contributed by atoms with Crippen LogP contribution in [0.2, 0.25) is 0 Å². The van der Waals surface area contributed by atoms with Crippen molar-refractivity contribution in [1.82, 2.24) is 10.2 Å². The molecule has 0 aromatic carbocycles. The van der Waals surface area contributed by atoms with Crippen molar-refractivity contribution in [3.05, 3.63) is 0 Å². The minimum Gasteiger partial charge on any atom is -0.378 e. The van der Waals surface area contributed by atoms with E-state index < -0.39 is 0 Å². The van der Waals surface area contributed by atoms with Gasteiger partial charge in [0.15, 0.2) is 0 Å². The van der Waals surface area contributed by atoms with Gasteiger partial charge in [-0.05, 0) is 13.6 Å². The molecule has 2 atom stereocenters. The maximum atomic E-state index is 5.34. The molecule has 66 valence electrons. The first-order valence-electron chi connectivity index (χ1n) is 4.24. The molecule has 11 heavy (non-hydrogen) atoms. The number of likely N-dealkylation sites (tertiary alicyclic amines) is 1. The third-order valence-electron chi connectivity index (χ3n) is 2.46. The molecule has 1 N–H and O–H groups in total. The van der Waals surface area contributed by atoms with E-state index in [4.69, 9.17) is 4.74 Å². The van der Waals surface area contributed by atoms with Crippen molar-refractivity contribution in [1.29, 1.82) is 0 Å². The molecule has 3 nitrogen and oxygen atoms in total. The van der Waals surface area contributed by atoms with Crippen molar-refractivity contribution >= 4 is 0 Å². The summed E-state index contributed by atoms with van der Waals surface area (Å²) in [6.45, 7) is 5.49. The Morgan fingerprint density at radius 3 is 2.64 bits per heavy atom. The fraction of sp³-hybridized carbons (Fsp3) is 1.00. The summed E-state index contributed by atoms with van der Waals surface area (Å²) in [7, 11) is 3.78. The van der Waals surface area contributed by atoms with Gasteiger partial charge in [-0.25, -0.2) is 0 Å². The number of hydrogen-bond acceptors (Lipinski definition) is 3. The normalized spacial score (nSPS) is 33.0. The molecule has 1 heterocycles. The third kappa shape index (κ3) is 1.92. The average molecular weight is 158 g/mol. The van der Waals surface area contributed by atoms with E-state index in [1.165, 1.54) is 0 Å². The lowest BCUT2D eigenvalue weighted by atomic mass is 10.2. The lowest BCUT2D eigenvalue weighted by Crippen LogP contribution is -2.37. The molecule has 3 heteroatoms. The molecule has 1 saturated heterocycles. The maximum Gasteiger partial charge on any atom is 0.0863 e. The van der Waals surface area contributed by atoms with E-state index in [2.05, 4.69) is 17.1 Å². The highest BCUT2D eigenvalue weighted by Gasteiger charge is 2.30. The molecule has 0 bridgehead atoms. The molecule has 0 unspecified atom stereocenters. The first-order valence-corrected chi connectivity index (χ1v) is 4.24. The number of nitrogens with one attached hydrogen (secondary N) is 1. The molecule has 0 amide bonds. The lowest BCUT2D eigenvalue weighted by Gasteiger charge is -2.14. The number of ether oxygens (including phenoxy) is 1. The molecule has 1 fully saturated rings. The summed E-state index contributed by atoms with van der Waals surface area (Å²) in [5.41, 5.74) is 0. The van der Waals surface area contributed by atoms with Gasteiger partial charge < -0.3 is 10.1 Å². The zero-order valence-corrected chi connectivity index (χ0v) is 7.63. The summed E-state index contributed by atoms with van der Waals surface area (Å²) >= 11 is 0. The fourth-order valence-corrected chi connectivity index (χ4v) is 1.63. The van der Waals surface area contributed by atoms with Gasteiger partial charge in [0.25, 0.3) is 0 Å². The minimum absolute atomic E-state index is 0.375. The van der Waals surface area contributed by atoms with Gasteiger partial charge in [0, 0.05) is 26.2 Å². The molecular formula is C8H18N2O. The van der Waals surface area contributed by atoms with Gasteiger partial charge in [0.2, 0.25) is 0 Å². The van der Waals surface area contributed by atoms with E-state index in [1.807, 2.05) is 7.05 Å². The summed E-state index contributed by atoms with van der Waals surface area (Å²) < 4.78 is 5.34. The standard InChI is InChI=1S/C8H18N2O/c1-4-10-5-7(9-2)8(6-10)11-3/h7-9H,4-6H2,1-3H3/t7-,8-/m0/s1. The van der Waals surface area contributed by atoms with Crippen molar-refractivity contribution in [3.8, 4) is 0 Å². The second-order valence-electron chi connectivity index (χ2n) is 3.02. The van der Waals surface area contributed by atoms with Gasteiger partial charge in [0.1, 0.15) is 0 Å². The van der Waals surface area contributed by atoms with Crippen LogP contribution in [-0.4, -0.2) is 50.8 Å². The van der Waals surface area contributed by atoms with Crippen LogP contribution in [0.4, 0.5) is 0 Å². The molecule has 0 aromatic rings. The minimum atomic E-state index is 0.375. The highest BCUT2D eigenvalue weighted by molar-refractivity contribution is 4.88.